The van der Waals surface area contributed by atoms with Crippen LogP contribution in [0.15, 0.2) is 23.5 Å². The molecule has 4 rings (SSSR count). The van der Waals surface area contributed by atoms with Gasteiger partial charge in [0.1, 0.15) is 22.7 Å². The molecule has 0 atom stereocenters. The lowest BCUT2D eigenvalue weighted by Crippen LogP contribution is -2.32. The van der Waals surface area contributed by atoms with E-state index in [9.17, 15) is 26.0 Å². The normalized spacial score (nSPS) is 19.5. The van der Waals surface area contributed by atoms with Crippen molar-refractivity contribution in [3.63, 3.8) is 0 Å². The molecule has 0 saturated heterocycles. The molecule has 0 aliphatic heterocycles. The number of aromatic amines is 1. The second-order valence-electron chi connectivity index (χ2n) is 7.38. The highest BCUT2D eigenvalue weighted by Crippen LogP contribution is 2.35. The Balaban J connectivity index is 1.46. The summed E-state index contributed by atoms with van der Waals surface area (Å²) in [6.07, 6.45) is 4.75. The number of halogens is 4. The maximum absolute atomic E-state index is 14.3. The first-order chi connectivity index (χ1) is 14.7. The first-order valence-electron chi connectivity index (χ1n) is 9.44. The van der Waals surface area contributed by atoms with Crippen LogP contribution < -0.4 is 10.1 Å². The molecule has 2 aromatic heterocycles. The number of H-pyrrole nitrogens is 1. The lowest BCUT2D eigenvalue weighted by Gasteiger charge is -2.30. The van der Waals surface area contributed by atoms with Gasteiger partial charge >= 0.3 is 0 Å². The zero-order chi connectivity index (χ0) is 22.3. The molecule has 166 valence electrons. The van der Waals surface area contributed by atoms with Crippen LogP contribution in [0.4, 0.5) is 23.4 Å². The molecule has 1 saturated carbocycles. The third-order valence-electron chi connectivity index (χ3n) is 5.21. The number of nitrogens with zero attached hydrogens (tertiary/aromatic N) is 2. The molecule has 2 N–H and O–H groups in total. The zero-order valence-electron chi connectivity index (χ0n) is 16.3. The van der Waals surface area contributed by atoms with Crippen molar-refractivity contribution >= 4 is 26.7 Å². The van der Waals surface area contributed by atoms with Crippen LogP contribution in [0, 0.1) is 23.3 Å². The number of anilines is 1. The minimum atomic E-state index is -4.51. The standard InChI is InChI=1S/C19H18F4N4O3S/c1-31(28,29)17-14(22)12(20)16(13(21)15(17)23)30-10-4-2-9(3-5-10)27-19-11-6-7-24-18(11)25-8-26-19/h6-10H,2-5H2,1H3,(H2,24,25,26,27). The molecule has 1 aromatic carbocycles. The van der Waals surface area contributed by atoms with Crippen LogP contribution in [0.3, 0.4) is 0 Å². The molecule has 1 aliphatic carbocycles. The van der Waals surface area contributed by atoms with Crippen molar-refractivity contribution in [3.8, 4) is 5.75 Å². The first-order valence-corrected chi connectivity index (χ1v) is 11.3. The van der Waals surface area contributed by atoms with Gasteiger partial charge in [-0.15, -0.1) is 0 Å². The molecule has 3 aromatic rings. The van der Waals surface area contributed by atoms with Crippen LogP contribution in [0.1, 0.15) is 25.7 Å². The highest BCUT2D eigenvalue weighted by atomic mass is 32.2. The Morgan fingerprint density at radius 1 is 1.03 bits per heavy atom. The van der Waals surface area contributed by atoms with E-state index >= 15 is 0 Å². The molecule has 7 nitrogen and oxygen atoms in total. The van der Waals surface area contributed by atoms with Crippen LogP contribution in [0.2, 0.25) is 0 Å². The molecule has 12 heteroatoms. The van der Waals surface area contributed by atoms with E-state index in [2.05, 4.69) is 20.3 Å². The average Bonchev–Trinajstić information content (AvgIpc) is 3.20. The van der Waals surface area contributed by atoms with Crippen molar-refractivity contribution < 1.29 is 30.7 Å². The van der Waals surface area contributed by atoms with Gasteiger partial charge in [-0.2, -0.15) is 8.78 Å². The van der Waals surface area contributed by atoms with E-state index in [-0.39, 0.29) is 6.04 Å². The summed E-state index contributed by atoms with van der Waals surface area (Å²) in [4.78, 5) is 9.67. The van der Waals surface area contributed by atoms with Crippen molar-refractivity contribution in [1.82, 2.24) is 15.0 Å². The predicted molar refractivity (Wildman–Crippen MR) is 104 cm³/mol. The first kappa shape index (κ1) is 21.3. The molecule has 1 fully saturated rings. The highest BCUT2D eigenvalue weighted by Gasteiger charge is 2.33. The van der Waals surface area contributed by atoms with Crippen LogP contribution >= 0.6 is 0 Å². The second kappa shape index (κ2) is 7.98. The molecule has 1 aliphatic rings. The van der Waals surface area contributed by atoms with Crippen molar-refractivity contribution in [1.29, 1.82) is 0 Å². The number of aromatic nitrogens is 3. The van der Waals surface area contributed by atoms with Gasteiger partial charge in [0.2, 0.25) is 11.6 Å². The fourth-order valence-corrected chi connectivity index (χ4v) is 4.52. The Bertz CT molecular complexity index is 1210. The number of fused-ring (bicyclic) bond motifs is 1. The smallest absolute Gasteiger partial charge is 0.205 e. The topological polar surface area (TPSA) is 97.0 Å². The SMILES string of the molecule is CS(=O)(=O)c1c(F)c(F)c(OC2CCC(Nc3ncnc4[nH]ccc34)CC2)c(F)c1F. The summed E-state index contributed by atoms with van der Waals surface area (Å²) < 4.78 is 84.9. The van der Waals surface area contributed by atoms with Crippen LogP contribution in [0.5, 0.6) is 5.75 Å². The Labute approximate surface area is 174 Å². The Morgan fingerprint density at radius 3 is 2.29 bits per heavy atom. The molecule has 0 bridgehead atoms. The zero-order valence-corrected chi connectivity index (χ0v) is 17.1. The molecule has 0 amide bonds. The fourth-order valence-electron chi connectivity index (χ4n) is 3.69. The predicted octanol–water partition coefficient (Wildman–Crippen LogP) is 3.72. The minimum absolute atomic E-state index is 0.00336. The van der Waals surface area contributed by atoms with Crippen molar-refractivity contribution in [2.75, 3.05) is 11.6 Å². The minimum Gasteiger partial charge on any atom is -0.484 e. The summed E-state index contributed by atoms with van der Waals surface area (Å²) in [5.41, 5.74) is 0.682. The summed E-state index contributed by atoms with van der Waals surface area (Å²) >= 11 is 0. The largest absolute Gasteiger partial charge is 0.484 e. The van der Waals surface area contributed by atoms with Crippen LogP contribution in [-0.4, -0.2) is 41.8 Å². The lowest BCUT2D eigenvalue weighted by molar-refractivity contribution is 0.133. The van der Waals surface area contributed by atoms with Gasteiger partial charge in [0.05, 0.1) is 11.5 Å². The van der Waals surface area contributed by atoms with Crippen molar-refractivity contribution in [2.45, 2.75) is 42.7 Å². The third-order valence-corrected chi connectivity index (χ3v) is 6.31. The molecule has 0 unspecified atom stereocenters. The molecule has 0 radical (unpaired) electrons. The van der Waals surface area contributed by atoms with E-state index in [0.29, 0.717) is 43.4 Å². The number of benzene rings is 1. The maximum atomic E-state index is 14.3. The van der Waals surface area contributed by atoms with E-state index in [1.54, 1.807) is 6.20 Å². The number of nitrogens with one attached hydrogen (secondary N) is 2. The van der Waals surface area contributed by atoms with E-state index in [0.717, 1.165) is 5.39 Å². The lowest BCUT2D eigenvalue weighted by atomic mass is 9.93. The van der Waals surface area contributed by atoms with Crippen molar-refractivity contribution in [3.05, 3.63) is 41.9 Å². The summed E-state index contributed by atoms with van der Waals surface area (Å²) in [5, 5.41) is 4.12. The van der Waals surface area contributed by atoms with Gasteiger partial charge < -0.3 is 15.0 Å². The monoisotopic (exact) mass is 458 g/mol. The highest BCUT2D eigenvalue weighted by molar-refractivity contribution is 7.90. The van der Waals surface area contributed by atoms with Gasteiger partial charge in [0.15, 0.2) is 27.2 Å². The number of rotatable bonds is 5. The molecular weight excluding hydrogens is 440 g/mol. The molecule has 0 spiro atoms. The van der Waals surface area contributed by atoms with Gasteiger partial charge in [0.25, 0.3) is 0 Å². The van der Waals surface area contributed by atoms with Gasteiger partial charge in [-0.3, -0.25) is 0 Å². The summed E-state index contributed by atoms with van der Waals surface area (Å²) in [6.45, 7) is 0. The van der Waals surface area contributed by atoms with Gasteiger partial charge in [0, 0.05) is 18.5 Å². The fraction of sp³-hybridized carbons (Fsp3) is 0.368. The average molecular weight is 458 g/mol. The number of sulfone groups is 1. The summed E-state index contributed by atoms with van der Waals surface area (Å²) in [6, 6.07) is 1.84. The second-order valence-corrected chi connectivity index (χ2v) is 9.34. The van der Waals surface area contributed by atoms with E-state index in [1.165, 1.54) is 6.33 Å². The van der Waals surface area contributed by atoms with E-state index < -0.39 is 49.9 Å². The number of hydrogen-bond acceptors (Lipinski definition) is 6. The quantitative estimate of drug-likeness (QED) is 0.447. The summed E-state index contributed by atoms with van der Waals surface area (Å²) in [7, 11) is -4.51. The molecule has 31 heavy (non-hydrogen) atoms. The van der Waals surface area contributed by atoms with Gasteiger partial charge in [-0.1, -0.05) is 0 Å². The third kappa shape index (κ3) is 4.03. The van der Waals surface area contributed by atoms with Gasteiger partial charge in [-0.05, 0) is 31.7 Å². The van der Waals surface area contributed by atoms with E-state index in [4.69, 9.17) is 4.74 Å². The molecular formula is C19H18F4N4O3S. The Hall–Kier alpha value is -2.89. The van der Waals surface area contributed by atoms with Crippen LogP contribution in [-0.2, 0) is 9.84 Å². The maximum Gasteiger partial charge on any atom is 0.205 e. The summed E-state index contributed by atoms with van der Waals surface area (Å²) in [5.74, 6) is -8.32. The number of hydrogen-bond donors (Lipinski definition) is 2. The van der Waals surface area contributed by atoms with E-state index in [1.807, 2.05) is 6.07 Å². The Morgan fingerprint density at radius 2 is 1.68 bits per heavy atom. The number of ether oxygens (including phenoxy) is 1. The van der Waals surface area contributed by atoms with Crippen LogP contribution in [0.25, 0.3) is 11.0 Å². The molecule has 2 heterocycles. The Kier molecular flexibility index (Phi) is 5.50. The van der Waals surface area contributed by atoms with Crippen molar-refractivity contribution in [2.24, 2.45) is 0 Å². The van der Waals surface area contributed by atoms with Gasteiger partial charge in [-0.25, -0.2) is 27.2 Å².